The van der Waals surface area contributed by atoms with Gasteiger partial charge < -0.3 is 10.1 Å². The largest absolute Gasteiger partial charge is 0.373 e. The minimum Gasteiger partial charge on any atom is -0.373 e. The van der Waals surface area contributed by atoms with Crippen LogP contribution < -0.4 is 5.32 Å². The van der Waals surface area contributed by atoms with Crippen LogP contribution in [0.5, 0.6) is 0 Å². The SMILES string of the molecule is CCNC1CC(OCc2ccccc2F)C12CCCCC2. The van der Waals surface area contributed by atoms with Gasteiger partial charge in [-0.3, -0.25) is 0 Å². The highest BCUT2D eigenvalue weighted by Crippen LogP contribution is 2.53. The van der Waals surface area contributed by atoms with Gasteiger partial charge in [0.1, 0.15) is 5.82 Å². The van der Waals surface area contributed by atoms with Crippen molar-refractivity contribution in [1.29, 1.82) is 0 Å². The second kappa shape index (κ2) is 6.45. The maximum absolute atomic E-state index is 13.7. The van der Waals surface area contributed by atoms with Gasteiger partial charge in [-0.2, -0.15) is 0 Å². The molecule has 1 N–H and O–H groups in total. The quantitative estimate of drug-likeness (QED) is 0.884. The lowest BCUT2D eigenvalue weighted by Crippen LogP contribution is -2.64. The smallest absolute Gasteiger partial charge is 0.128 e. The van der Waals surface area contributed by atoms with E-state index < -0.39 is 0 Å². The molecule has 0 bridgehead atoms. The fourth-order valence-corrected chi connectivity index (χ4v) is 4.20. The summed E-state index contributed by atoms with van der Waals surface area (Å²) in [5.41, 5.74) is 0.981. The van der Waals surface area contributed by atoms with Crippen LogP contribution in [0.15, 0.2) is 24.3 Å². The predicted octanol–water partition coefficient (Wildman–Crippen LogP) is 4.04. The van der Waals surface area contributed by atoms with Crippen molar-refractivity contribution in [3.8, 4) is 0 Å². The van der Waals surface area contributed by atoms with Crippen molar-refractivity contribution in [2.24, 2.45) is 5.41 Å². The van der Waals surface area contributed by atoms with Gasteiger partial charge in [0, 0.05) is 17.0 Å². The van der Waals surface area contributed by atoms with Gasteiger partial charge in [-0.15, -0.1) is 0 Å². The minimum atomic E-state index is -0.155. The fraction of sp³-hybridized carbons (Fsp3) is 0.667. The predicted molar refractivity (Wildman–Crippen MR) is 82.6 cm³/mol. The number of nitrogens with one attached hydrogen (secondary N) is 1. The van der Waals surface area contributed by atoms with E-state index in [1.165, 1.54) is 38.2 Å². The van der Waals surface area contributed by atoms with E-state index >= 15 is 0 Å². The highest BCUT2D eigenvalue weighted by Gasteiger charge is 2.55. The first kappa shape index (κ1) is 15.0. The number of ether oxygens (including phenoxy) is 1. The van der Waals surface area contributed by atoms with Crippen molar-refractivity contribution in [3.05, 3.63) is 35.6 Å². The second-order valence-electron chi connectivity index (χ2n) is 6.53. The van der Waals surface area contributed by atoms with Crippen molar-refractivity contribution in [2.75, 3.05) is 6.54 Å². The molecule has 21 heavy (non-hydrogen) atoms. The Hall–Kier alpha value is -0.930. The van der Waals surface area contributed by atoms with Crippen LogP contribution >= 0.6 is 0 Å². The van der Waals surface area contributed by atoms with Crippen LogP contribution in [0.25, 0.3) is 0 Å². The van der Waals surface area contributed by atoms with Gasteiger partial charge in [-0.25, -0.2) is 4.39 Å². The van der Waals surface area contributed by atoms with Crippen LogP contribution in [0.2, 0.25) is 0 Å². The van der Waals surface area contributed by atoms with Crippen LogP contribution in [0.4, 0.5) is 4.39 Å². The van der Waals surface area contributed by atoms with E-state index in [9.17, 15) is 4.39 Å². The number of halogens is 1. The van der Waals surface area contributed by atoms with E-state index in [1.807, 2.05) is 12.1 Å². The summed E-state index contributed by atoms with van der Waals surface area (Å²) < 4.78 is 19.8. The third kappa shape index (κ3) is 2.86. The minimum absolute atomic E-state index is 0.155. The molecule has 0 saturated heterocycles. The Morgan fingerprint density at radius 1 is 1.24 bits per heavy atom. The first-order valence-electron chi connectivity index (χ1n) is 8.34. The summed E-state index contributed by atoms with van der Waals surface area (Å²) >= 11 is 0. The average Bonchev–Trinajstić information content (AvgIpc) is 2.52. The van der Waals surface area contributed by atoms with Crippen molar-refractivity contribution in [1.82, 2.24) is 5.32 Å². The average molecular weight is 291 g/mol. The first-order valence-corrected chi connectivity index (χ1v) is 8.34. The molecule has 0 aromatic heterocycles. The third-order valence-corrected chi connectivity index (χ3v) is 5.42. The van der Waals surface area contributed by atoms with E-state index in [0.29, 0.717) is 29.7 Å². The molecule has 2 atom stereocenters. The highest BCUT2D eigenvalue weighted by molar-refractivity contribution is 5.17. The standard InChI is InChI=1S/C18H26FNO/c1-2-20-16-12-17(18(16)10-6-3-7-11-18)21-13-14-8-4-5-9-15(14)19/h4-5,8-9,16-17,20H,2-3,6-7,10-13H2,1H3. The maximum Gasteiger partial charge on any atom is 0.128 e. The number of hydrogen-bond acceptors (Lipinski definition) is 2. The molecule has 0 radical (unpaired) electrons. The topological polar surface area (TPSA) is 21.3 Å². The summed E-state index contributed by atoms with van der Waals surface area (Å²) in [6, 6.07) is 7.53. The first-order chi connectivity index (χ1) is 10.3. The second-order valence-corrected chi connectivity index (χ2v) is 6.53. The van der Waals surface area contributed by atoms with Crippen molar-refractivity contribution in [2.45, 2.75) is 64.2 Å². The van der Waals surface area contributed by atoms with Gasteiger partial charge in [0.15, 0.2) is 0 Å². The Morgan fingerprint density at radius 2 is 2.00 bits per heavy atom. The van der Waals surface area contributed by atoms with E-state index in [-0.39, 0.29) is 5.82 Å². The zero-order valence-corrected chi connectivity index (χ0v) is 12.9. The van der Waals surface area contributed by atoms with Gasteiger partial charge in [0.2, 0.25) is 0 Å². The Balaban J connectivity index is 1.64. The monoisotopic (exact) mass is 291 g/mol. The molecule has 1 spiro atoms. The molecular weight excluding hydrogens is 265 g/mol. The Kier molecular flexibility index (Phi) is 4.60. The lowest BCUT2D eigenvalue weighted by atomic mass is 9.55. The van der Waals surface area contributed by atoms with Gasteiger partial charge >= 0.3 is 0 Å². The molecule has 2 aliphatic carbocycles. The molecule has 2 fully saturated rings. The zero-order valence-electron chi connectivity index (χ0n) is 12.9. The molecule has 2 unspecified atom stereocenters. The van der Waals surface area contributed by atoms with Crippen molar-refractivity contribution >= 4 is 0 Å². The number of benzene rings is 1. The van der Waals surface area contributed by atoms with Gasteiger partial charge in [-0.1, -0.05) is 44.4 Å². The third-order valence-electron chi connectivity index (χ3n) is 5.42. The Labute approximate surface area is 127 Å². The molecule has 1 aromatic carbocycles. The van der Waals surface area contributed by atoms with Crippen LogP contribution in [0.1, 0.15) is 51.0 Å². The molecule has 0 aliphatic heterocycles. The molecule has 3 heteroatoms. The lowest BCUT2D eigenvalue weighted by Gasteiger charge is -2.58. The number of rotatable bonds is 5. The molecule has 1 aromatic rings. The van der Waals surface area contributed by atoms with Crippen molar-refractivity contribution < 1.29 is 9.13 Å². The zero-order chi connectivity index (χ0) is 14.7. The lowest BCUT2D eigenvalue weighted by molar-refractivity contribution is -0.158. The Morgan fingerprint density at radius 3 is 2.71 bits per heavy atom. The maximum atomic E-state index is 13.7. The summed E-state index contributed by atoms with van der Waals surface area (Å²) in [4.78, 5) is 0. The van der Waals surface area contributed by atoms with E-state index in [2.05, 4.69) is 12.2 Å². The molecule has 116 valence electrons. The van der Waals surface area contributed by atoms with E-state index in [1.54, 1.807) is 6.07 Å². The van der Waals surface area contributed by atoms with Crippen molar-refractivity contribution in [3.63, 3.8) is 0 Å². The summed E-state index contributed by atoms with van der Waals surface area (Å²) in [7, 11) is 0. The summed E-state index contributed by atoms with van der Waals surface area (Å²) in [6.45, 7) is 3.59. The summed E-state index contributed by atoms with van der Waals surface area (Å²) in [5, 5.41) is 3.63. The van der Waals surface area contributed by atoms with Gasteiger partial charge in [0.25, 0.3) is 0 Å². The van der Waals surface area contributed by atoms with Gasteiger partial charge in [-0.05, 0) is 31.9 Å². The van der Waals surface area contributed by atoms with Crippen LogP contribution in [0.3, 0.4) is 0 Å². The van der Waals surface area contributed by atoms with Crippen LogP contribution in [-0.2, 0) is 11.3 Å². The normalized spacial score (nSPS) is 27.5. The molecule has 0 heterocycles. The summed E-state index contributed by atoms with van der Waals surface area (Å²) in [6.07, 6.45) is 7.84. The van der Waals surface area contributed by atoms with Gasteiger partial charge in [0.05, 0.1) is 12.7 Å². The van der Waals surface area contributed by atoms with Crippen LogP contribution in [-0.4, -0.2) is 18.7 Å². The summed E-state index contributed by atoms with van der Waals surface area (Å²) in [5.74, 6) is -0.155. The van der Waals surface area contributed by atoms with Crippen LogP contribution in [0, 0.1) is 11.2 Å². The molecule has 2 nitrogen and oxygen atoms in total. The fourth-order valence-electron chi connectivity index (χ4n) is 4.20. The Bertz CT molecular complexity index is 470. The van der Waals surface area contributed by atoms with E-state index in [0.717, 1.165) is 13.0 Å². The molecular formula is C18H26FNO. The molecule has 2 saturated carbocycles. The van der Waals surface area contributed by atoms with E-state index in [4.69, 9.17) is 4.74 Å². The highest BCUT2D eigenvalue weighted by atomic mass is 19.1. The number of hydrogen-bond donors (Lipinski definition) is 1. The molecule has 0 amide bonds. The molecule has 3 rings (SSSR count). The molecule has 2 aliphatic rings.